The first-order valence-electron chi connectivity index (χ1n) is 3.43. The van der Waals surface area contributed by atoms with Gasteiger partial charge in [-0.05, 0) is 30.7 Å². The average Bonchev–Trinajstić information content (AvgIpc) is 2.03. The highest BCUT2D eigenvalue weighted by atomic mass is 19.1. The number of nitrogens with zero attached hydrogens (tertiary/aromatic N) is 2. The first-order valence-corrected chi connectivity index (χ1v) is 3.43. The van der Waals surface area contributed by atoms with E-state index in [1.165, 1.54) is 12.1 Å². The molecule has 0 spiro atoms. The van der Waals surface area contributed by atoms with Crippen molar-refractivity contribution in [1.82, 2.24) is 4.98 Å². The molecule has 0 unspecified atom stereocenters. The van der Waals surface area contributed by atoms with Crippen molar-refractivity contribution in [1.29, 1.82) is 5.26 Å². The van der Waals surface area contributed by atoms with Crippen molar-refractivity contribution in [3.63, 3.8) is 0 Å². The van der Waals surface area contributed by atoms with Crippen LogP contribution in [-0.2, 0) is 0 Å². The molecule has 3 heteroatoms. The van der Waals surface area contributed by atoms with E-state index >= 15 is 0 Å². The SMILES string of the molecule is Cc1nc(F)ccc1C=CC#N. The normalized spacial score (nSPS) is 10.1. The van der Waals surface area contributed by atoms with Gasteiger partial charge in [-0.2, -0.15) is 9.65 Å². The topological polar surface area (TPSA) is 36.7 Å². The molecule has 2 nitrogen and oxygen atoms in total. The van der Waals surface area contributed by atoms with E-state index in [4.69, 9.17) is 5.26 Å². The fourth-order valence-electron chi connectivity index (χ4n) is 0.844. The molecule has 0 aromatic carbocycles. The average molecular weight is 162 g/mol. The van der Waals surface area contributed by atoms with Crippen molar-refractivity contribution < 1.29 is 4.39 Å². The standard InChI is InChI=1S/C9H7FN2/c1-7-8(3-2-6-11)4-5-9(10)12-7/h2-5H,1H3. The third kappa shape index (κ3) is 1.89. The molecule has 60 valence electrons. The largest absolute Gasteiger partial charge is 0.225 e. The van der Waals surface area contributed by atoms with E-state index in [9.17, 15) is 4.39 Å². The Kier molecular flexibility index (Phi) is 2.54. The quantitative estimate of drug-likeness (QED) is 0.468. The zero-order valence-corrected chi connectivity index (χ0v) is 6.58. The number of nitriles is 1. The molecule has 0 aliphatic rings. The molecular formula is C9H7FN2. The van der Waals surface area contributed by atoms with E-state index in [0.29, 0.717) is 5.69 Å². The summed E-state index contributed by atoms with van der Waals surface area (Å²) in [5, 5.41) is 8.24. The van der Waals surface area contributed by atoms with Crippen LogP contribution in [-0.4, -0.2) is 4.98 Å². The third-order valence-electron chi connectivity index (χ3n) is 1.43. The number of pyridine rings is 1. The Morgan fingerprint density at radius 3 is 2.92 bits per heavy atom. The van der Waals surface area contributed by atoms with Gasteiger partial charge in [-0.1, -0.05) is 0 Å². The maximum Gasteiger partial charge on any atom is 0.213 e. The second kappa shape index (κ2) is 3.63. The number of aromatic nitrogens is 1. The van der Waals surface area contributed by atoms with Gasteiger partial charge in [0.1, 0.15) is 0 Å². The predicted octanol–water partition coefficient (Wildman–Crippen LogP) is 2.07. The maximum absolute atomic E-state index is 12.5. The number of halogens is 1. The molecule has 0 saturated carbocycles. The summed E-state index contributed by atoms with van der Waals surface area (Å²) in [5.74, 6) is -0.499. The molecule has 0 aliphatic carbocycles. The van der Waals surface area contributed by atoms with E-state index in [2.05, 4.69) is 4.98 Å². The number of hydrogen-bond donors (Lipinski definition) is 0. The number of hydrogen-bond acceptors (Lipinski definition) is 2. The Hall–Kier alpha value is -1.69. The van der Waals surface area contributed by atoms with Crippen LogP contribution in [0.25, 0.3) is 6.08 Å². The summed E-state index contributed by atoms with van der Waals surface area (Å²) < 4.78 is 12.5. The first kappa shape index (κ1) is 8.41. The van der Waals surface area contributed by atoms with Crippen LogP contribution in [0.5, 0.6) is 0 Å². The highest BCUT2D eigenvalue weighted by Crippen LogP contribution is 2.07. The molecule has 0 bridgehead atoms. The van der Waals surface area contributed by atoms with E-state index in [1.807, 2.05) is 6.07 Å². The number of aryl methyl sites for hydroxylation is 1. The molecule has 1 rings (SSSR count). The lowest BCUT2D eigenvalue weighted by molar-refractivity contribution is 0.580. The molecule has 1 aromatic rings. The summed E-state index contributed by atoms with van der Waals surface area (Å²) in [7, 11) is 0. The first-order chi connectivity index (χ1) is 5.74. The summed E-state index contributed by atoms with van der Waals surface area (Å²) in [6.07, 6.45) is 2.93. The van der Waals surface area contributed by atoms with Crippen LogP contribution in [0, 0.1) is 24.2 Å². The Bertz CT molecular complexity index is 350. The molecule has 0 N–H and O–H groups in total. The lowest BCUT2D eigenvalue weighted by Gasteiger charge is -1.96. The lowest BCUT2D eigenvalue weighted by atomic mass is 10.2. The van der Waals surface area contributed by atoms with Gasteiger partial charge in [0.15, 0.2) is 0 Å². The fraction of sp³-hybridized carbons (Fsp3) is 0.111. The summed E-state index contributed by atoms with van der Waals surface area (Å²) in [6.45, 7) is 1.69. The second-order valence-electron chi connectivity index (χ2n) is 2.27. The van der Waals surface area contributed by atoms with E-state index < -0.39 is 5.95 Å². The minimum Gasteiger partial charge on any atom is -0.225 e. The van der Waals surface area contributed by atoms with Crippen LogP contribution in [0.3, 0.4) is 0 Å². The Morgan fingerprint density at radius 2 is 2.33 bits per heavy atom. The maximum atomic E-state index is 12.5. The minimum atomic E-state index is -0.499. The van der Waals surface area contributed by atoms with Crippen molar-refractivity contribution in [2.24, 2.45) is 0 Å². The summed E-state index contributed by atoms with van der Waals surface area (Å²) in [6, 6.07) is 4.71. The van der Waals surface area contributed by atoms with Gasteiger partial charge in [-0.25, -0.2) is 4.98 Å². The van der Waals surface area contributed by atoms with E-state index in [1.54, 1.807) is 19.1 Å². The molecular weight excluding hydrogens is 155 g/mol. The predicted molar refractivity (Wildman–Crippen MR) is 43.6 cm³/mol. The van der Waals surface area contributed by atoms with Crippen LogP contribution in [0.15, 0.2) is 18.2 Å². The molecule has 1 aromatic heterocycles. The van der Waals surface area contributed by atoms with Gasteiger partial charge in [0, 0.05) is 11.8 Å². The van der Waals surface area contributed by atoms with Crippen molar-refractivity contribution in [2.45, 2.75) is 6.92 Å². The van der Waals surface area contributed by atoms with Crippen molar-refractivity contribution >= 4 is 6.08 Å². The van der Waals surface area contributed by atoms with Gasteiger partial charge in [-0.3, -0.25) is 0 Å². The number of allylic oxidation sites excluding steroid dienone is 1. The van der Waals surface area contributed by atoms with Gasteiger partial charge in [0.05, 0.1) is 6.07 Å². The highest BCUT2D eigenvalue weighted by Gasteiger charge is 1.96. The monoisotopic (exact) mass is 162 g/mol. The summed E-state index contributed by atoms with van der Waals surface area (Å²) in [4.78, 5) is 3.60. The van der Waals surface area contributed by atoms with Gasteiger partial charge < -0.3 is 0 Å². The van der Waals surface area contributed by atoms with Crippen molar-refractivity contribution in [3.8, 4) is 6.07 Å². The molecule has 0 saturated heterocycles. The van der Waals surface area contributed by atoms with Gasteiger partial charge >= 0.3 is 0 Å². The molecule has 0 atom stereocenters. The van der Waals surface area contributed by atoms with Gasteiger partial charge in [0.2, 0.25) is 5.95 Å². The van der Waals surface area contributed by atoms with Crippen LogP contribution < -0.4 is 0 Å². The molecule has 0 fully saturated rings. The molecule has 0 aliphatic heterocycles. The van der Waals surface area contributed by atoms with Gasteiger partial charge in [-0.15, -0.1) is 0 Å². The summed E-state index contributed by atoms with van der Waals surface area (Å²) >= 11 is 0. The number of rotatable bonds is 1. The minimum absolute atomic E-state index is 0.499. The lowest BCUT2D eigenvalue weighted by Crippen LogP contribution is -1.89. The van der Waals surface area contributed by atoms with E-state index in [0.717, 1.165) is 5.56 Å². The van der Waals surface area contributed by atoms with Crippen molar-refractivity contribution in [2.75, 3.05) is 0 Å². The zero-order chi connectivity index (χ0) is 8.97. The molecule has 0 radical (unpaired) electrons. The Balaban J connectivity index is 3.03. The Morgan fingerprint density at radius 1 is 1.58 bits per heavy atom. The Labute approximate surface area is 70.0 Å². The third-order valence-corrected chi connectivity index (χ3v) is 1.43. The van der Waals surface area contributed by atoms with E-state index in [-0.39, 0.29) is 0 Å². The van der Waals surface area contributed by atoms with Crippen LogP contribution in [0.2, 0.25) is 0 Å². The fourth-order valence-corrected chi connectivity index (χ4v) is 0.844. The van der Waals surface area contributed by atoms with Crippen molar-refractivity contribution in [3.05, 3.63) is 35.4 Å². The van der Waals surface area contributed by atoms with Crippen LogP contribution >= 0.6 is 0 Å². The molecule has 0 amide bonds. The van der Waals surface area contributed by atoms with Gasteiger partial charge in [0.25, 0.3) is 0 Å². The smallest absolute Gasteiger partial charge is 0.213 e. The van der Waals surface area contributed by atoms with Crippen LogP contribution in [0.1, 0.15) is 11.3 Å². The molecule has 12 heavy (non-hydrogen) atoms. The van der Waals surface area contributed by atoms with Crippen LogP contribution in [0.4, 0.5) is 4.39 Å². The summed E-state index contributed by atoms with van der Waals surface area (Å²) in [5.41, 5.74) is 1.35. The second-order valence-corrected chi connectivity index (χ2v) is 2.27. The highest BCUT2D eigenvalue weighted by molar-refractivity contribution is 5.53. The molecule has 1 heterocycles. The zero-order valence-electron chi connectivity index (χ0n) is 6.58.